The van der Waals surface area contributed by atoms with E-state index in [0.29, 0.717) is 19.0 Å². The molecule has 0 heterocycles. The van der Waals surface area contributed by atoms with Crippen LogP contribution < -0.4 is 0 Å². The van der Waals surface area contributed by atoms with Crippen LogP contribution in [0.5, 0.6) is 0 Å². The molecular weight excluding hydrogens is 296 g/mol. The Kier molecular flexibility index (Phi) is 11.9. The van der Waals surface area contributed by atoms with Gasteiger partial charge in [-0.3, -0.25) is 0 Å². The zero-order valence-electron chi connectivity index (χ0n) is 12.7. The number of hydrogen-bond donors (Lipinski definition) is 2. The van der Waals surface area contributed by atoms with Crippen molar-refractivity contribution >= 4 is 34.1 Å². The summed E-state index contributed by atoms with van der Waals surface area (Å²) in [5, 5.41) is 0.146. The molecule has 0 aliphatic carbocycles. The summed E-state index contributed by atoms with van der Waals surface area (Å²) in [5.41, 5.74) is 0. The van der Waals surface area contributed by atoms with E-state index in [0.717, 1.165) is 25.3 Å². The summed E-state index contributed by atoms with van der Waals surface area (Å²) < 4.78 is 18.3. The van der Waals surface area contributed by atoms with Crippen LogP contribution in [0.25, 0.3) is 0 Å². The van der Waals surface area contributed by atoms with Crippen LogP contribution in [-0.4, -0.2) is 39.1 Å². The fourth-order valence-corrected chi connectivity index (χ4v) is 5.66. The summed E-state index contributed by atoms with van der Waals surface area (Å²) >= 11 is 8.84. The van der Waals surface area contributed by atoms with E-state index in [9.17, 15) is 0 Å². The van der Waals surface area contributed by atoms with Crippen molar-refractivity contribution < 1.29 is 13.3 Å². The summed E-state index contributed by atoms with van der Waals surface area (Å²) in [4.78, 5) is 0. The van der Waals surface area contributed by atoms with E-state index >= 15 is 0 Å². The van der Waals surface area contributed by atoms with E-state index in [-0.39, 0.29) is 11.4 Å². The maximum Gasteiger partial charge on any atom is 0.502 e. The fourth-order valence-electron chi connectivity index (χ4n) is 1.53. The number of rotatable bonds is 12. The van der Waals surface area contributed by atoms with Crippen molar-refractivity contribution in [1.82, 2.24) is 0 Å². The van der Waals surface area contributed by atoms with E-state index in [4.69, 9.17) is 13.3 Å². The van der Waals surface area contributed by atoms with Crippen molar-refractivity contribution in [3.8, 4) is 0 Å². The molecule has 0 rings (SSSR count). The largest absolute Gasteiger partial charge is 0.502 e. The highest BCUT2D eigenvalue weighted by molar-refractivity contribution is 7.84. The molecule has 0 saturated carbocycles. The van der Waals surface area contributed by atoms with Gasteiger partial charge in [0.15, 0.2) is 0 Å². The van der Waals surface area contributed by atoms with E-state index < -0.39 is 8.80 Å². The molecule has 0 aromatic rings. The van der Waals surface area contributed by atoms with Gasteiger partial charge < -0.3 is 13.3 Å². The van der Waals surface area contributed by atoms with Gasteiger partial charge in [0.25, 0.3) is 0 Å². The van der Waals surface area contributed by atoms with Crippen LogP contribution in [0, 0.1) is 0 Å². The summed E-state index contributed by atoms with van der Waals surface area (Å²) in [6, 6.07) is 0.726. The van der Waals surface area contributed by atoms with E-state index in [1.165, 1.54) is 0 Å². The van der Waals surface area contributed by atoms with Crippen LogP contribution in [0.4, 0.5) is 0 Å². The minimum absolute atomic E-state index is 0.146. The minimum atomic E-state index is -2.63. The monoisotopic (exact) mass is 326 g/mol. The molecular formula is C13H30O3S2Si. The van der Waals surface area contributed by atoms with Gasteiger partial charge in [-0.05, 0) is 26.2 Å². The van der Waals surface area contributed by atoms with Crippen LogP contribution in [-0.2, 0) is 13.3 Å². The SMILES string of the molecule is CCCO[Si](CC(S)CS)(OCCC)OC(C)CC. The molecule has 0 N–H and O–H groups in total. The van der Waals surface area contributed by atoms with E-state index in [1.54, 1.807) is 0 Å². The molecule has 0 amide bonds. The Labute approximate surface area is 131 Å². The van der Waals surface area contributed by atoms with Crippen LogP contribution in [0.1, 0.15) is 47.0 Å². The molecule has 6 heteroatoms. The molecule has 0 aliphatic heterocycles. The Bertz CT molecular complexity index is 198. The second-order valence-corrected chi connectivity index (χ2v) is 8.44. The highest BCUT2D eigenvalue weighted by Gasteiger charge is 2.43. The lowest BCUT2D eigenvalue weighted by Gasteiger charge is -2.33. The van der Waals surface area contributed by atoms with Crippen molar-refractivity contribution in [3.05, 3.63) is 0 Å². The summed E-state index contributed by atoms with van der Waals surface area (Å²) in [5.74, 6) is 0.701. The molecule has 3 nitrogen and oxygen atoms in total. The second-order valence-electron chi connectivity index (χ2n) is 4.76. The quantitative estimate of drug-likeness (QED) is 0.422. The van der Waals surface area contributed by atoms with Gasteiger partial charge in [0.2, 0.25) is 0 Å². The van der Waals surface area contributed by atoms with Gasteiger partial charge in [0.05, 0.1) is 0 Å². The third kappa shape index (κ3) is 8.62. The van der Waals surface area contributed by atoms with E-state index in [1.807, 2.05) is 0 Å². The van der Waals surface area contributed by atoms with E-state index in [2.05, 4.69) is 53.0 Å². The zero-order valence-corrected chi connectivity index (χ0v) is 15.5. The average molecular weight is 327 g/mol. The number of thiol groups is 2. The molecule has 0 bridgehead atoms. The topological polar surface area (TPSA) is 27.7 Å². The first kappa shape index (κ1) is 19.8. The van der Waals surface area contributed by atoms with Gasteiger partial charge in [-0.25, -0.2) is 0 Å². The first-order valence-corrected chi connectivity index (χ1v) is 10.4. The maximum absolute atomic E-state index is 6.18. The first-order chi connectivity index (χ1) is 9.03. The summed E-state index contributed by atoms with van der Waals surface area (Å²) in [6.45, 7) is 9.73. The highest BCUT2D eigenvalue weighted by atomic mass is 32.1. The fraction of sp³-hybridized carbons (Fsp3) is 1.00. The lowest BCUT2D eigenvalue weighted by molar-refractivity contribution is 0.0314. The second kappa shape index (κ2) is 11.5. The predicted molar refractivity (Wildman–Crippen MR) is 90.5 cm³/mol. The lowest BCUT2D eigenvalue weighted by Crippen LogP contribution is -2.50. The number of hydrogen-bond acceptors (Lipinski definition) is 5. The summed E-state index contributed by atoms with van der Waals surface area (Å²) in [6.07, 6.45) is 3.04. The van der Waals surface area contributed by atoms with Crippen LogP contribution >= 0.6 is 25.3 Å². The molecule has 19 heavy (non-hydrogen) atoms. The van der Waals surface area contributed by atoms with Gasteiger partial charge in [-0.15, -0.1) is 0 Å². The van der Waals surface area contributed by atoms with Gasteiger partial charge in [-0.2, -0.15) is 25.3 Å². The standard InChI is InChI=1S/C13H30O3S2Si/c1-5-8-14-19(15-9-6-2,11-13(18)10-17)16-12(4)7-3/h12-13,17-18H,5-11H2,1-4H3. The Balaban J connectivity index is 4.82. The van der Waals surface area contributed by atoms with Gasteiger partial charge in [0.1, 0.15) is 0 Å². The Morgan fingerprint density at radius 2 is 1.58 bits per heavy atom. The normalized spacial score (nSPS) is 15.5. The first-order valence-electron chi connectivity index (χ1n) is 7.28. The van der Waals surface area contributed by atoms with Gasteiger partial charge >= 0.3 is 8.80 Å². The summed E-state index contributed by atoms with van der Waals surface area (Å²) in [7, 11) is -2.63. The smallest absolute Gasteiger partial charge is 0.373 e. The van der Waals surface area contributed by atoms with Crippen molar-refractivity contribution in [3.63, 3.8) is 0 Å². The predicted octanol–water partition coefficient (Wildman–Crippen LogP) is 3.82. The highest BCUT2D eigenvalue weighted by Crippen LogP contribution is 2.24. The third-order valence-electron chi connectivity index (χ3n) is 2.70. The minimum Gasteiger partial charge on any atom is -0.373 e. The molecule has 2 atom stereocenters. The Morgan fingerprint density at radius 3 is 1.95 bits per heavy atom. The zero-order chi connectivity index (χ0) is 14.7. The van der Waals surface area contributed by atoms with Crippen molar-refractivity contribution in [1.29, 1.82) is 0 Å². The van der Waals surface area contributed by atoms with Crippen molar-refractivity contribution in [2.75, 3.05) is 19.0 Å². The van der Waals surface area contributed by atoms with Crippen molar-refractivity contribution in [2.24, 2.45) is 0 Å². The third-order valence-corrected chi connectivity index (χ3v) is 7.18. The van der Waals surface area contributed by atoms with Crippen LogP contribution in [0.15, 0.2) is 0 Å². The van der Waals surface area contributed by atoms with Crippen molar-refractivity contribution in [2.45, 2.75) is 64.4 Å². The molecule has 0 saturated heterocycles. The molecule has 0 radical (unpaired) electrons. The Hall–Kier alpha value is 0.797. The van der Waals surface area contributed by atoms with Gasteiger partial charge in [0, 0.05) is 36.4 Å². The Morgan fingerprint density at radius 1 is 1.05 bits per heavy atom. The molecule has 2 unspecified atom stereocenters. The molecule has 0 spiro atoms. The average Bonchev–Trinajstić information content (AvgIpc) is 2.42. The molecule has 0 aliphatic rings. The molecule has 116 valence electrons. The lowest BCUT2D eigenvalue weighted by atomic mass is 10.3. The molecule has 0 fully saturated rings. The molecule has 0 aromatic carbocycles. The van der Waals surface area contributed by atoms with Crippen LogP contribution in [0.3, 0.4) is 0 Å². The van der Waals surface area contributed by atoms with Gasteiger partial charge in [-0.1, -0.05) is 20.8 Å². The maximum atomic E-state index is 6.18. The van der Waals surface area contributed by atoms with Crippen LogP contribution in [0.2, 0.25) is 6.04 Å². The molecule has 0 aromatic heterocycles.